The monoisotopic (exact) mass is 185 g/mol. The van der Waals surface area contributed by atoms with Gasteiger partial charge in [-0.3, -0.25) is 14.5 Å². The summed E-state index contributed by atoms with van der Waals surface area (Å²) in [5.74, 6) is -0.181. The Labute approximate surface area is 77.5 Å². The molecule has 2 amide bonds. The molecule has 0 aromatic carbocycles. The highest BCUT2D eigenvalue weighted by molar-refractivity contribution is 5.97. The molecular formula is C9H15NO3. The molecule has 0 spiro atoms. The molecule has 13 heavy (non-hydrogen) atoms. The van der Waals surface area contributed by atoms with Gasteiger partial charge in [-0.15, -0.1) is 0 Å². The van der Waals surface area contributed by atoms with Crippen molar-refractivity contribution in [3.63, 3.8) is 0 Å². The summed E-state index contributed by atoms with van der Waals surface area (Å²) < 4.78 is 0. The van der Waals surface area contributed by atoms with Crippen molar-refractivity contribution in [2.75, 3.05) is 6.54 Å². The fourth-order valence-corrected chi connectivity index (χ4v) is 1.50. The second kappa shape index (κ2) is 3.87. The minimum atomic E-state index is -0.638. The van der Waals surface area contributed by atoms with Gasteiger partial charge in [0.15, 0.2) is 0 Å². The molecule has 0 aromatic rings. The summed E-state index contributed by atoms with van der Waals surface area (Å²) in [5, 5.41) is 9.06. The average molecular weight is 185 g/mol. The van der Waals surface area contributed by atoms with Crippen LogP contribution < -0.4 is 0 Å². The molecule has 0 radical (unpaired) electrons. The van der Waals surface area contributed by atoms with Crippen LogP contribution in [0.4, 0.5) is 0 Å². The lowest BCUT2D eigenvalue weighted by Crippen LogP contribution is -2.45. The third-order valence-electron chi connectivity index (χ3n) is 2.10. The molecule has 0 aromatic heterocycles. The largest absolute Gasteiger partial charge is 0.392 e. The standard InChI is InChI=1S/C9H15NO3/c1-6-3-8(12)10(5-7(2)11)9(13)4-6/h6-7,11H,3-5H2,1-2H3/t7-/m0/s1. The summed E-state index contributed by atoms with van der Waals surface area (Å²) in [4.78, 5) is 23.8. The van der Waals surface area contributed by atoms with E-state index in [0.717, 1.165) is 4.90 Å². The quantitative estimate of drug-likeness (QED) is 0.623. The zero-order valence-corrected chi connectivity index (χ0v) is 7.99. The van der Waals surface area contributed by atoms with Crippen LogP contribution in [-0.2, 0) is 9.59 Å². The normalized spacial score (nSPS) is 22.2. The maximum atomic E-state index is 11.3. The molecule has 0 unspecified atom stereocenters. The molecule has 0 saturated carbocycles. The molecule has 0 aliphatic carbocycles. The fourth-order valence-electron chi connectivity index (χ4n) is 1.50. The second-order valence-corrected chi connectivity index (χ2v) is 3.76. The number of imide groups is 1. The van der Waals surface area contributed by atoms with E-state index in [9.17, 15) is 9.59 Å². The summed E-state index contributed by atoms with van der Waals surface area (Å²) in [6, 6.07) is 0. The molecular weight excluding hydrogens is 170 g/mol. The van der Waals surface area contributed by atoms with Crippen LogP contribution in [0.25, 0.3) is 0 Å². The van der Waals surface area contributed by atoms with Crippen molar-refractivity contribution >= 4 is 11.8 Å². The number of aliphatic hydroxyl groups excluding tert-OH is 1. The van der Waals surface area contributed by atoms with Gasteiger partial charge in [-0.2, -0.15) is 0 Å². The number of amides is 2. The number of hydrogen-bond acceptors (Lipinski definition) is 3. The Morgan fingerprint density at radius 2 is 1.92 bits per heavy atom. The summed E-state index contributed by atoms with van der Waals surface area (Å²) in [5.41, 5.74) is 0. The van der Waals surface area contributed by atoms with E-state index in [4.69, 9.17) is 5.11 Å². The van der Waals surface area contributed by atoms with Crippen LogP contribution in [0.3, 0.4) is 0 Å². The average Bonchev–Trinajstić information content (AvgIpc) is 1.96. The number of aliphatic hydroxyl groups is 1. The Balaban J connectivity index is 2.62. The van der Waals surface area contributed by atoms with Gasteiger partial charge in [0.2, 0.25) is 11.8 Å². The molecule has 4 heteroatoms. The highest BCUT2D eigenvalue weighted by Crippen LogP contribution is 2.18. The van der Waals surface area contributed by atoms with Gasteiger partial charge in [0.1, 0.15) is 0 Å². The number of likely N-dealkylation sites (tertiary alicyclic amines) is 1. The lowest BCUT2D eigenvalue weighted by Gasteiger charge is -2.28. The SMILES string of the molecule is CC1CC(=O)N(C[C@H](C)O)C(=O)C1. The van der Waals surface area contributed by atoms with Crippen molar-refractivity contribution in [2.45, 2.75) is 32.8 Å². The molecule has 74 valence electrons. The van der Waals surface area contributed by atoms with E-state index < -0.39 is 6.10 Å². The van der Waals surface area contributed by atoms with E-state index in [0.29, 0.717) is 12.8 Å². The van der Waals surface area contributed by atoms with E-state index in [1.807, 2.05) is 6.92 Å². The first kappa shape index (κ1) is 10.2. The molecule has 1 fully saturated rings. The highest BCUT2D eigenvalue weighted by atomic mass is 16.3. The van der Waals surface area contributed by atoms with Gasteiger partial charge in [0.05, 0.1) is 12.6 Å². The molecule has 1 N–H and O–H groups in total. The molecule has 1 atom stereocenters. The van der Waals surface area contributed by atoms with Crippen molar-refractivity contribution in [1.29, 1.82) is 0 Å². The first-order valence-electron chi connectivity index (χ1n) is 4.52. The molecule has 4 nitrogen and oxygen atoms in total. The number of β-amino-alcohol motifs (C(OH)–C–C–N with tert-alkyl or cyclic N) is 1. The van der Waals surface area contributed by atoms with E-state index in [1.54, 1.807) is 6.92 Å². The van der Waals surface area contributed by atoms with Crippen molar-refractivity contribution in [3.05, 3.63) is 0 Å². The summed E-state index contributed by atoms with van der Waals surface area (Å²) >= 11 is 0. The van der Waals surface area contributed by atoms with Crippen LogP contribution in [0.5, 0.6) is 0 Å². The Kier molecular flexibility index (Phi) is 3.03. The van der Waals surface area contributed by atoms with Gasteiger partial charge < -0.3 is 5.11 Å². The Hall–Kier alpha value is -0.900. The van der Waals surface area contributed by atoms with Gasteiger partial charge in [0, 0.05) is 12.8 Å². The van der Waals surface area contributed by atoms with E-state index >= 15 is 0 Å². The number of carbonyl (C=O) groups excluding carboxylic acids is 2. The molecule has 1 rings (SSSR count). The van der Waals surface area contributed by atoms with Crippen molar-refractivity contribution in [3.8, 4) is 0 Å². The van der Waals surface area contributed by atoms with E-state index in [1.165, 1.54) is 0 Å². The van der Waals surface area contributed by atoms with Gasteiger partial charge in [0.25, 0.3) is 0 Å². The first-order chi connectivity index (χ1) is 6.00. The number of piperidine rings is 1. The minimum absolute atomic E-state index is 0.129. The summed E-state index contributed by atoms with van der Waals surface area (Å²) in [7, 11) is 0. The smallest absolute Gasteiger partial charge is 0.229 e. The van der Waals surface area contributed by atoms with E-state index in [-0.39, 0.29) is 24.3 Å². The Morgan fingerprint density at radius 3 is 2.31 bits per heavy atom. The molecule has 0 bridgehead atoms. The van der Waals surface area contributed by atoms with Crippen molar-refractivity contribution < 1.29 is 14.7 Å². The van der Waals surface area contributed by atoms with Crippen LogP contribution in [-0.4, -0.2) is 34.5 Å². The van der Waals surface area contributed by atoms with Gasteiger partial charge in [-0.25, -0.2) is 0 Å². The van der Waals surface area contributed by atoms with Crippen molar-refractivity contribution in [2.24, 2.45) is 5.92 Å². The van der Waals surface area contributed by atoms with Crippen LogP contribution in [0.1, 0.15) is 26.7 Å². The zero-order valence-electron chi connectivity index (χ0n) is 7.99. The maximum Gasteiger partial charge on any atom is 0.229 e. The maximum absolute atomic E-state index is 11.3. The highest BCUT2D eigenvalue weighted by Gasteiger charge is 2.30. The fraction of sp³-hybridized carbons (Fsp3) is 0.778. The van der Waals surface area contributed by atoms with Gasteiger partial charge in [-0.05, 0) is 12.8 Å². The predicted octanol–water partition coefficient (Wildman–Crippen LogP) is 0.152. The molecule has 1 aliphatic heterocycles. The third-order valence-corrected chi connectivity index (χ3v) is 2.10. The molecule has 1 aliphatic rings. The second-order valence-electron chi connectivity index (χ2n) is 3.76. The van der Waals surface area contributed by atoms with Gasteiger partial charge in [-0.1, -0.05) is 6.92 Å². The lowest BCUT2D eigenvalue weighted by molar-refractivity contribution is -0.151. The predicted molar refractivity (Wildman–Crippen MR) is 46.8 cm³/mol. The summed E-state index contributed by atoms with van der Waals surface area (Å²) in [6.45, 7) is 3.58. The minimum Gasteiger partial charge on any atom is -0.392 e. The summed E-state index contributed by atoms with van der Waals surface area (Å²) in [6.07, 6.45) is 0.193. The van der Waals surface area contributed by atoms with Crippen LogP contribution in [0.2, 0.25) is 0 Å². The Morgan fingerprint density at radius 1 is 1.46 bits per heavy atom. The number of nitrogens with zero attached hydrogens (tertiary/aromatic N) is 1. The topological polar surface area (TPSA) is 57.6 Å². The molecule has 1 heterocycles. The van der Waals surface area contributed by atoms with E-state index in [2.05, 4.69) is 0 Å². The van der Waals surface area contributed by atoms with Gasteiger partial charge >= 0.3 is 0 Å². The van der Waals surface area contributed by atoms with Crippen LogP contribution in [0.15, 0.2) is 0 Å². The Bertz CT molecular complexity index is 207. The first-order valence-corrected chi connectivity index (χ1v) is 4.52. The lowest BCUT2D eigenvalue weighted by atomic mass is 9.97. The molecule has 1 saturated heterocycles. The number of rotatable bonds is 2. The zero-order chi connectivity index (χ0) is 10.0. The van der Waals surface area contributed by atoms with Crippen LogP contribution >= 0.6 is 0 Å². The number of carbonyl (C=O) groups is 2. The van der Waals surface area contributed by atoms with Crippen molar-refractivity contribution in [1.82, 2.24) is 4.90 Å². The van der Waals surface area contributed by atoms with Crippen LogP contribution in [0, 0.1) is 5.92 Å². The number of hydrogen-bond donors (Lipinski definition) is 1. The third kappa shape index (κ3) is 2.52.